The zero-order valence-electron chi connectivity index (χ0n) is 11.9. The third-order valence-corrected chi connectivity index (χ3v) is 3.93. The van der Waals surface area contributed by atoms with Crippen molar-refractivity contribution in [3.8, 4) is 5.75 Å². The number of para-hydroxylation sites is 1. The second-order valence-corrected chi connectivity index (χ2v) is 5.70. The van der Waals surface area contributed by atoms with Gasteiger partial charge in [-0.1, -0.05) is 39.0 Å². The first-order valence-corrected chi connectivity index (χ1v) is 6.92. The molecule has 0 saturated heterocycles. The molecule has 0 bridgehead atoms. The standard InChI is InChI=1S/C16H22O3/c1-4-10-18-15(17)14-13(16(14,2)3)11-19-12-8-6-5-7-9-12/h5-9,13-14H,4,10-11H2,1-3H3. The molecule has 2 atom stereocenters. The summed E-state index contributed by atoms with van der Waals surface area (Å²) in [5.41, 5.74) is -0.0143. The molecule has 2 unspecified atom stereocenters. The monoisotopic (exact) mass is 262 g/mol. The lowest BCUT2D eigenvalue weighted by Crippen LogP contribution is -2.12. The molecule has 104 valence electrons. The molecule has 0 amide bonds. The van der Waals surface area contributed by atoms with Gasteiger partial charge in [-0.05, 0) is 24.0 Å². The quantitative estimate of drug-likeness (QED) is 0.738. The first-order chi connectivity index (χ1) is 9.07. The van der Waals surface area contributed by atoms with Crippen LogP contribution >= 0.6 is 0 Å². The minimum Gasteiger partial charge on any atom is -0.493 e. The molecule has 0 spiro atoms. The van der Waals surface area contributed by atoms with E-state index in [4.69, 9.17) is 9.47 Å². The van der Waals surface area contributed by atoms with Gasteiger partial charge < -0.3 is 9.47 Å². The van der Waals surface area contributed by atoms with Crippen LogP contribution in [0.5, 0.6) is 5.75 Å². The van der Waals surface area contributed by atoms with Gasteiger partial charge in [-0.15, -0.1) is 0 Å². The Morgan fingerprint density at radius 3 is 2.58 bits per heavy atom. The lowest BCUT2D eigenvalue weighted by molar-refractivity contribution is -0.146. The maximum atomic E-state index is 11.9. The molecule has 0 N–H and O–H groups in total. The number of ether oxygens (including phenoxy) is 2. The van der Waals surface area contributed by atoms with Crippen molar-refractivity contribution in [1.29, 1.82) is 0 Å². The second-order valence-electron chi connectivity index (χ2n) is 5.70. The minimum absolute atomic E-state index is 0.0143. The number of benzene rings is 1. The topological polar surface area (TPSA) is 35.5 Å². The number of rotatable bonds is 6. The van der Waals surface area contributed by atoms with Crippen LogP contribution in [0, 0.1) is 17.3 Å². The Balaban J connectivity index is 1.86. The summed E-state index contributed by atoms with van der Waals surface area (Å²) in [7, 11) is 0. The molecule has 0 heterocycles. The Hall–Kier alpha value is -1.51. The van der Waals surface area contributed by atoms with E-state index in [1.54, 1.807) is 0 Å². The van der Waals surface area contributed by atoms with Gasteiger partial charge in [-0.2, -0.15) is 0 Å². The largest absolute Gasteiger partial charge is 0.493 e. The van der Waals surface area contributed by atoms with Crippen molar-refractivity contribution in [2.45, 2.75) is 27.2 Å². The van der Waals surface area contributed by atoms with Crippen LogP contribution in [0.2, 0.25) is 0 Å². The highest BCUT2D eigenvalue weighted by Gasteiger charge is 2.63. The molecule has 1 fully saturated rings. The van der Waals surface area contributed by atoms with Crippen molar-refractivity contribution in [2.24, 2.45) is 17.3 Å². The molecule has 0 aromatic heterocycles. The molecular formula is C16H22O3. The van der Waals surface area contributed by atoms with Gasteiger partial charge in [-0.3, -0.25) is 4.79 Å². The molecule has 1 saturated carbocycles. The summed E-state index contributed by atoms with van der Waals surface area (Å²) in [5, 5.41) is 0. The summed E-state index contributed by atoms with van der Waals surface area (Å²) in [6, 6.07) is 9.71. The summed E-state index contributed by atoms with van der Waals surface area (Å²) in [6.07, 6.45) is 0.865. The SMILES string of the molecule is CCCOC(=O)C1C(COc2ccccc2)C1(C)C. The molecule has 3 heteroatoms. The van der Waals surface area contributed by atoms with Crippen LogP contribution < -0.4 is 4.74 Å². The van der Waals surface area contributed by atoms with E-state index in [1.807, 2.05) is 37.3 Å². The molecule has 3 nitrogen and oxygen atoms in total. The smallest absolute Gasteiger partial charge is 0.309 e. The normalized spacial score (nSPS) is 23.7. The van der Waals surface area contributed by atoms with Crippen LogP contribution in [-0.2, 0) is 9.53 Å². The van der Waals surface area contributed by atoms with Crippen molar-refractivity contribution in [1.82, 2.24) is 0 Å². The fourth-order valence-electron chi connectivity index (χ4n) is 2.52. The summed E-state index contributed by atoms with van der Waals surface area (Å²) in [5.74, 6) is 0.999. The van der Waals surface area contributed by atoms with E-state index in [0.717, 1.165) is 12.2 Å². The number of hydrogen-bond acceptors (Lipinski definition) is 3. The molecule has 1 aliphatic carbocycles. The molecule has 1 aliphatic rings. The van der Waals surface area contributed by atoms with Gasteiger partial charge in [0.05, 0.1) is 19.1 Å². The van der Waals surface area contributed by atoms with Gasteiger partial charge in [0.15, 0.2) is 0 Å². The average Bonchev–Trinajstić information content (AvgIpc) is 2.96. The Morgan fingerprint density at radius 2 is 1.95 bits per heavy atom. The third kappa shape index (κ3) is 3.09. The Labute approximate surface area is 114 Å². The first-order valence-electron chi connectivity index (χ1n) is 6.92. The van der Waals surface area contributed by atoms with Gasteiger partial charge in [0.1, 0.15) is 5.75 Å². The van der Waals surface area contributed by atoms with Crippen LogP contribution in [0.4, 0.5) is 0 Å². The first kappa shape index (κ1) is 13.9. The van der Waals surface area contributed by atoms with Crippen LogP contribution in [0.15, 0.2) is 30.3 Å². The van der Waals surface area contributed by atoms with Gasteiger partial charge in [0.25, 0.3) is 0 Å². The van der Waals surface area contributed by atoms with Gasteiger partial charge in [0, 0.05) is 5.92 Å². The number of esters is 1. The van der Waals surface area contributed by atoms with Crippen molar-refractivity contribution >= 4 is 5.97 Å². The fourth-order valence-corrected chi connectivity index (χ4v) is 2.52. The summed E-state index contributed by atoms with van der Waals surface area (Å²) in [6.45, 7) is 7.29. The van der Waals surface area contributed by atoms with E-state index in [0.29, 0.717) is 13.2 Å². The Morgan fingerprint density at radius 1 is 1.26 bits per heavy atom. The van der Waals surface area contributed by atoms with E-state index in [-0.39, 0.29) is 23.2 Å². The van der Waals surface area contributed by atoms with Gasteiger partial charge in [-0.25, -0.2) is 0 Å². The highest BCUT2D eigenvalue weighted by atomic mass is 16.5. The summed E-state index contributed by atoms with van der Waals surface area (Å²) < 4.78 is 11.0. The van der Waals surface area contributed by atoms with Crippen molar-refractivity contribution < 1.29 is 14.3 Å². The number of carbonyl (C=O) groups excluding carboxylic acids is 1. The average molecular weight is 262 g/mol. The van der Waals surface area contributed by atoms with Gasteiger partial charge >= 0.3 is 5.97 Å². The molecule has 2 rings (SSSR count). The highest BCUT2D eigenvalue weighted by molar-refractivity contribution is 5.77. The van der Waals surface area contributed by atoms with Crippen molar-refractivity contribution in [3.63, 3.8) is 0 Å². The summed E-state index contributed by atoms with van der Waals surface area (Å²) >= 11 is 0. The molecule has 0 radical (unpaired) electrons. The third-order valence-electron chi connectivity index (χ3n) is 3.93. The van der Waals surface area contributed by atoms with Crippen LogP contribution in [0.25, 0.3) is 0 Å². The van der Waals surface area contributed by atoms with Crippen molar-refractivity contribution in [2.75, 3.05) is 13.2 Å². The van der Waals surface area contributed by atoms with E-state index in [2.05, 4.69) is 13.8 Å². The maximum absolute atomic E-state index is 11.9. The van der Waals surface area contributed by atoms with E-state index >= 15 is 0 Å². The van der Waals surface area contributed by atoms with Crippen LogP contribution in [0.3, 0.4) is 0 Å². The maximum Gasteiger partial charge on any atom is 0.309 e. The predicted molar refractivity (Wildman–Crippen MR) is 73.9 cm³/mol. The fraction of sp³-hybridized carbons (Fsp3) is 0.562. The van der Waals surface area contributed by atoms with Crippen LogP contribution in [0.1, 0.15) is 27.2 Å². The summed E-state index contributed by atoms with van der Waals surface area (Å²) in [4.78, 5) is 11.9. The number of carbonyl (C=O) groups is 1. The van der Waals surface area contributed by atoms with Crippen molar-refractivity contribution in [3.05, 3.63) is 30.3 Å². The molecular weight excluding hydrogens is 240 g/mol. The Kier molecular flexibility index (Phi) is 4.13. The minimum atomic E-state index is -0.0755. The molecule has 0 aliphatic heterocycles. The molecule has 1 aromatic rings. The zero-order chi connectivity index (χ0) is 13.9. The lowest BCUT2D eigenvalue weighted by Gasteiger charge is -2.06. The lowest BCUT2D eigenvalue weighted by atomic mass is 10.1. The van der Waals surface area contributed by atoms with Gasteiger partial charge in [0.2, 0.25) is 0 Å². The van der Waals surface area contributed by atoms with E-state index in [9.17, 15) is 4.79 Å². The predicted octanol–water partition coefficient (Wildman–Crippen LogP) is 3.29. The Bertz CT molecular complexity index is 425. The zero-order valence-corrected chi connectivity index (χ0v) is 11.9. The second kappa shape index (κ2) is 5.64. The van der Waals surface area contributed by atoms with E-state index < -0.39 is 0 Å². The highest BCUT2D eigenvalue weighted by Crippen LogP contribution is 2.58. The molecule has 1 aromatic carbocycles. The number of hydrogen-bond donors (Lipinski definition) is 0. The van der Waals surface area contributed by atoms with E-state index in [1.165, 1.54) is 0 Å². The van der Waals surface area contributed by atoms with Crippen LogP contribution in [-0.4, -0.2) is 19.2 Å². The molecule has 19 heavy (non-hydrogen) atoms.